The van der Waals surface area contributed by atoms with Crippen molar-refractivity contribution in [1.29, 1.82) is 0 Å². The van der Waals surface area contributed by atoms with Crippen molar-refractivity contribution in [3.05, 3.63) is 102 Å². The van der Waals surface area contributed by atoms with E-state index in [0.29, 0.717) is 6.42 Å². The van der Waals surface area contributed by atoms with Crippen LogP contribution in [0.2, 0.25) is 0 Å². The van der Waals surface area contributed by atoms with Crippen LogP contribution in [0.4, 0.5) is 5.69 Å². The molecular weight excluding hydrogens is 372 g/mol. The van der Waals surface area contributed by atoms with Gasteiger partial charge in [0.25, 0.3) is 0 Å². The van der Waals surface area contributed by atoms with Crippen LogP contribution in [0.3, 0.4) is 0 Å². The second-order valence-electron chi connectivity index (χ2n) is 8.00. The van der Waals surface area contributed by atoms with Crippen molar-refractivity contribution in [2.75, 3.05) is 11.9 Å². The van der Waals surface area contributed by atoms with Gasteiger partial charge in [0.15, 0.2) is 0 Å². The predicted molar refractivity (Wildman–Crippen MR) is 119 cm³/mol. The van der Waals surface area contributed by atoms with Crippen LogP contribution in [0.25, 0.3) is 0 Å². The van der Waals surface area contributed by atoms with Crippen molar-refractivity contribution in [2.45, 2.75) is 31.2 Å². The zero-order valence-electron chi connectivity index (χ0n) is 17.3. The number of carbonyl (C=O) groups excluding carboxylic acids is 2. The van der Waals surface area contributed by atoms with E-state index in [2.05, 4.69) is 5.32 Å². The van der Waals surface area contributed by atoms with Crippen molar-refractivity contribution in [3.8, 4) is 0 Å². The maximum atomic E-state index is 13.5. The average molecular weight is 399 g/mol. The van der Waals surface area contributed by atoms with Gasteiger partial charge < -0.3 is 10.2 Å². The molecule has 0 unspecified atom stereocenters. The summed E-state index contributed by atoms with van der Waals surface area (Å²) in [7, 11) is 1.79. The first-order valence-corrected chi connectivity index (χ1v) is 10.3. The van der Waals surface area contributed by atoms with Gasteiger partial charge >= 0.3 is 0 Å². The zero-order valence-corrected chi connectivity index (χ0v) is 17.3. The Morgan fingerprint density at radius 2 is 1.53 bits per heavy atom. The smallest absolute Gasteiger partial charge is 0.238 e. The lowest BCUT2D eigenvalue weighted by Crippen LogP contribution is -2.44. The van der Waals surface area contributed by atoms with Gasteiger partial charge in [-0.25, -0.2) is 0 Å². The van der Waals surface area contributed by atoms with Gasteiger partial charge in [0, 0.05) is 19.2 Å². The number of carbonyl (C=O) groups is 2. The first-order chi connectivity index (χ1) is 14.5. The highest BCUT2D eigenvalue weighted by molar-refractivity contribution is 6.10. The standard InChI is InChI=1S/C26H26N2O2/c1-19(21-13-7-4-8-14-21)27-24(29)18-26(17-20-11-5-3-6-12-20)22-15-9-10-16-23(22)28(2)25(26)30/h3-16,19H,17-18H2,1-2H3,(H,27,29)/t19-,26-/m1/s1. The first-order valence-electron chi connectivity index (χ1n) is 10.3. The molecule has 2 atom stereocenters. The fraction of sp³-hybridized carbons (Fsp3) is 0.231. The minimum Gasteiger partial charge on any atom is -0.350 e. The third-order valence-electron chi connectivity index (χ3n) is 5.98. The molecule has 0 aliphatic carbocycles. The molecule has 0 bridgehead atoms. The van der Waals surface area contributed by atoms with Crippen LogP contribution in [0.15, 0.2) is 84.9 Å². The number of likely N-dealkylation sites (N-methyl/N-ethyl adjacent to an activating group) is 1. The fourth-order valence-electron chi connectivity index (χ4n) is 4.46. The molecule has 0 radical (unpaired) electrons. The van der Waals surface area contributed by atoms with Crippen LogP contribution in [-0.4, -0.2) is 18.9 Å². The summed E-state index contributed by atoms with van der Waals surface area (Å²) < 4.78 is 0. The van der Waals surface area contributed by atoms with E-state index >= 15 is 0 Å². The van der Waals surface area contributed by atoms with Gasteiger partial charge in [-0.3, -0.25) is 9.59 Å². The molecule has 0 saturated heterocycles. The molecule has 4 rings (SSSR count). The summed E-state index contributed by atoms with van der Waals surface area (Å²) in [4.78, 5) is 28.4. The molecule has 1 aliphatic heterocycles. The van der Waals surface area contributed by atoms with E-state index in [1.54, 1.807) is 11.9 Å². The number of nitrogens with zero attached hydrogens (tertiary/aromatic N) is 1. The normalized spacial score (nSPS) is 18.7. The first kappa shape index (κ1) is 19.9. The lowest BCUT2D eigenvalue weighted by molar-refractivity contribution is -0.129. The van der Waals surface area contributed by atoms with Gasteiger partial charge in [-0.2, -0.15) is 0 Å². The molecule has 152 valence electrons. The highest BCUT2D eigenvalue weighted by Crippen LogP contribution is 2.45. The molecule has 4 heteroatoms. The largest absolute Gasteiger partial charge is 0.350 e. The van der Waals surface area contributed by atoms with Gasteiger partial charge in [-0.15, -0.1) is 0 Å². The maximum absolute atomic E-state index is 13.5. The molecule has 3 aromatic rings. The summed E-state index contributed by atoms with van der Waals surface area (Å²) in [6.45, 7) is 1.97. The zero-order chi connectivity index (χ0) is 21.1. The van der Waals surface area contributed by atoms with Crippen molar-refractivity contribution < 1.29 is 9.59 Å². The van der Waals surface area contributed by atoms with E-state index in [1.807, 2.05) is 91.9 Å². The monoisotopic (exact) mass is 398 g/mol. The quantitative estimate of drug-likeness (QED) is 0.669. The Bertz CT molecular complexity index is 1050. The van der Waals surface area contributed by atoms with Gasteiger partial charge in [0.05, 0.1) is 11.5 Å². The number of hydrogen-bond donors (Lipinski definition) is 1. The fourth-order valence-corrected chi connectivity index (χ4v) is 4.46. The Hall–Kier alpha value is -3.40. The Kier molecular flexibility index (Phi) is 5.40. The lowest BCUT2D eigenvalue weighted by atomic mass is 9.73. The molecule has 30 heavy (non-hydrogen) atoms. The number of amides is 2. The second kappa shape index (κ2) is 8.15. The van der Waals surface area contributed by atoms with Crippen LogP contribution in [0.1, 0.15) is 36.1 Å². The van der Waals surface area contributed by atoms with Crippen LogP contribution in [0, 0.1) is 0 Å². The summed E-state index contributed by atoms with van der Waals surface area (Å²) in [6, 6.07) is 27.5. The molecule has 2 amide bonds. The number of nitrogens with one attached hydrogen (secondary N) is 1. The molecule has 0 saturated carbocycles. The summed E-state index contributed by atoms with van der Waals surface area (Å²) in [5.74, 6) is -0.157. The summed E-state index contributed by atoms with van der Waals surface area (Å²) in [5, 5.41) is 3.09. The second-order valence-corrected chi connectivity index (χ2v) is 8.00. The van der Waals surface area contributed by atoms with E-state index in [4.69, 9.17) is 0 Å². The summed E-state index contributed by atoms with van der Waals surface area (Å²) in [5.41, 5.74) is 2.97. The van der Waals surface area contributed by atoms with Gasteiger partial charge in [-0.05, 0) is 36.1 Å². The molecule has 0 fully saturated rings. The van der Waals surface area contributed by atoms with E-state index in [-0.39, 0.29) is 24.3 Å². The highest BCUT2D eigenvalue weighted by Gasteiger charge is 2.50. The molecule has 3 aromatic carbocycles. The number of rotatable bonds is 6. The molecule has 1 N–H and O–H groups in total. The average Bonchev–Trinajstić information content (AvgIpc) is 2.97. The SMILES string of the molecule is C[C@@H](NC(=O)C[C@@]1(Cc2ccccc2)C(=O)N(C)c2ccccc21)c1ccccc1. The van der Waals surface area contributed by atoms with E-state index < -0.39 is 5.41 Å². The number of hydrogen-bond acceptors (Lipinski definition) is 2. The van der Waals surface area contributed by atoms with Crippen molar-refractivity contribution in [2.24, 2.45) is 0 Å². The van der Waals surface area contributed by atoms with Gasteiger partial charge in [0.2, 0.25) is 11.8 Å². The van der Waals surface area contributed by atoms with Crippen LogP contribution < -0.4 is 10.2 Å². The highest BCUT2D eigenvalue weighted by atomic mass is 16.2. The Labute approximate surface area is 177 Å². The van der Waals surface area contributed by atoms with E-state index in [9.17, 15) is 9.59 Å². The maximum Gasteiger partial charge on any atom is 0.238 e. The third kappa shape index (κ3) is 3.61. The minimum absolute atomic E-state index is 0.0323. The lowest BCUT2D eigenvalue weighted by Gasteiger charge is -2.29. The van der Waals surface area contributed by atoms with Crippen LogP contribution in [0.5, 0.6) is 0 Å². The van der Waals surface area contributed by atoms with Crippen LogP contribution >= 0.6 is 0 Å². The Morgan fingerprint density at radius 3 is 2.23 bits per heavy atom. The van der Waals surface area contributed by atoms with Crippen LogP contribution in [-0.2, 0) is 21.4 Å². The predicted octanol–water partition coefficient (Wildman–Crippen LogP) is 4.41. The van der Waals surface area contributed by atoms with Crippen molar-refractivity contribution in [1.82, 2.24) is 5.32 Å². The minimum atomic E-state index is -0.910. The molecule has 0 spiro atoms. The summed E-state index contributed by atoms with van der Waals surface area (Å²) >= 11 is 0. The van der Waals surface area contributed by atoms with E-state index in [0.717, 1.165) is 22.4 Å². The topological polar surface area (TPSA) is 49.4 Å². The van der Waals surface area contributed by atoms with Crippen molar-refractivity contribution >= 4 is 17.5 Å². The number of benzene rings is 3. The molecule has 1 heterocycles. The third-order valence-corrected chi connectivity index (χ3v) is 5.98. The number of fused-ring (bicyclic) bond motifs is 1. The molecule has 4 nitrogen and oxygen atoms in total. The Balaban J connectivity index is 1.67. The molecule has 0 aromatic heterocycles. The Morgan fingerprint density at radius 1 is 0.933 bits per heavy atom. The molecular formula is C26H26N2O2. The van der Waals surface area contributed by atoms with Gasteiger partial charge in [0.1, 0.15) is 0 Å². The van der Waals surface area contributed by atoms with E-state index in [1.165, 1.54) is 0 Å². The number of anilines is 1. The molecule has 1 aliphatic rings. The number of para-hydroxylation sites is 1. The van der Waals surface area contributed by atoms with Gasteiger partial charge in [-0.1, -0.05) is 78.9 Å². The van der Waals surface area contributed by atoms with Crippen molar-refractivity contribution in [3.63, 3.8) is 0 Å². The summed E-state index contributed by atoms with van der Waals surface area (Å²) in [6.07, 6.45) is 0.598.